The highest BCUT2D eigenvalue weighted by Gasteiger charge is 2.24. The fourth-order valence-corrected chi connectivity index (χ4v) is 3.37. The molecule has 1 aliphatic carbocycles. The predicted octanol–water partition coefficient (Wildman–Crippen LogP) is 4.16. The van der Waals surface area contributed by atoms with E-state index in [0.29, 0.717) is 6.04 Å². The third kappa shape index (κ3) is 3.56. The predicted molar refractivity (Wildman–Crippen MR) is 77.3 cm³/mol. The molecule has 1 aliphatic rings. The van der Waals surface area contributed by atoms with E-state index in [-0.39, 0.29) is 0 Å². The standard InChI is InChI=1S/C15H22BrN/c1-2-17-15(12-7-3-4-8-12)11-13-9-5-6-10-14(13)16/h5-6,9-10,12,15,17H,2-4,7-8,11H2,1H3. The van der Waals surface area contributed by atoms with Gasteiger partial charge >= 0.3 is 0 Å². The van der Waals surface area contributed by atoms with Crippen LogP contribution in [-0.4, -0.2) is 12.6 Å². The molecule has 1 aromatic rings. The zero-order valence-electron chi connectivity index (χ0n) is 10.6. The van der Waals surface area contributed by atoms with Crippen LogP contribution in [0.2, 0.25) is 0 Å². The molecule has 1 atom stereocenters. The SMILES string of the molecule is CCNC(Cc1ccccc1Br)C1CCCC1. The molecule has 0 heterocycles. The molecule has 1 nitrogen and oxygen atoms in total. The summed E-state index contributed by atoms with van der Waals surface area (Å²) in [5.74, 6) is 0.877. The maximum absolute atomic E-state index is 3.68. The molecule has 0 saturated heterocycles. The molecule has 2 heteroatoms. The Morgan fingerprint density at radius 3 is 2.65 bits per heavy atom. The molecule has 0 bridgehead atoms. The van der Waals surface area contributed by atoms with Crippen molar-refractivity contribution in [3.8, 4) is 0 Å². The van der Waals surface area contributed by atoms with Crippen LogP contribution in [0.4, 0.5) is 0 Å². The lowest BCUT2D eigenvalue weighted by Crippen LogP contribution is -2.37. The second kappa shape index (κ2) is 6.55. The van der Waals surface area contributed by atoms with E-state index in [4.69, 9.17) is 0 Å². The summed E-state index contributed by atoms with van der Waals surface area (Å²) in [6.07, 6.45) is 6.80. The van der Waals surface area contributed by atoms with Gasteiger partial charge in [-0.25, -0.2) is 0 Å². The average molecular weight is 296 g/mol. The molecule has 1 aromatic carbocycles. The molecule has 0 radical (unpaired) electrons. The highest BCUT2D eigenvalue weighted by molar-refractivity contribution is 9.10. The Kier molecular flexibility index (Phi) is 5.05. The monoisotopic (exact) mass is 295 g/mol. The lowest BCUT2D eigenvalue weighted by Gasteiger charge is -2.24. The highest BCUT2D eigenvalue weighted by Crippen LogP contribution is 2.30. The van der Waals surface area contributed by atoms with Gasteiger partial charge in [-0.3, -0.25) is 0 Å². The van der Waals surface area contributed by atoms with Gasteiger partial charge in [0.25, 0.3) is 0 Å². The number of hydrogen-bond acceptors (Lipinski definition) is 1. The topological polar surface area (TPSA) is 12.0 Å². The van der Waals surface area contributed by atoms with E-state index in [2.05, 4.69) is 52.4 Å². The first-order valence-electron chi connectivity index (χ1n) is 6.78. The van der Waals surface area contributed by atoms with Crippen LogP contribution in [0.15, 0.2) is 28.7 Å². The van der Waals surface area contributed by atoms with E-state index in [1.807, 2.05) is 0 Å². The smallest absolute Gasteiger partial charge is 0.0207 e. The van der Waals surface area contributed by atoms with E-state index < -0.39 is 0 Å². The van der Waals surface area contributed by atoms with Crippen LogP contribution in [0.3, 0.4) is 0 Å². The molecule has 17 heavy (non-hydrogen) atoms. The van der Waals surface area contributed by atoms with Gasteiger partial charge in [0.1, 0.15) is 0 Å². The third-order valence-electron chi connectivity index (χ3n) is 3.83. The van der Waals surface area contributed by atoms with E-state index in [9.17, 15) is 0 Å². The van der Waals surface area contributed by atoms with Gasteiger partial charge in [0.15, 0.2) is 0 Å². The molecule has 1 N–H and O–H groups in total. The van der Waals surface area contributed by atoms with Crippen LogP contribution in [0.5, 0.6) is 0 Å². The van der Waals surface area contributed by atoms with Gasteiger partial charge < -0.3 is 5.32 Å². The van der Waals surface area contributed by atoms with Crippen molar-refractivity contribution in [1.82, 2.24) is 5.32 Å². The molecule has 1 fully saturated rings. The first-order chi connectivity index (χ1) is 8.31. The van der Waals surface area contributed by atoms with Gasteiger partial charge in [0, 0.05) is 10.5 Å². The molecular weight excluding hydrogens is 274 g/mol. The summed E-state index contributed by atoms with van der Waals surface area (Å²) < 4.78 is 1.25. The van der Waals surface area contributed by atoms with E-state index >= 15 is 0 Å². The van der Waals surface area contributed by atoms with E-state index in [1.54, 1.807) is 0 Å². The minimum absolute atomic E-state index is 0.654. The summed E-state index contributed by atoms with van der Waals surface area (Å²) in [7, 11) is 0. The number of hydrogen-bond donors (Lipinski definition) is 1. The second-order valence-corrected chi connectivity index (χ2v) is 5.86. The number of halogens is 1. The van der Waals surface area contributed by atoms with Crippen LogP contribution in [0.1, 0.15) is 38.2 Å². The van der Waals surface area contributed by atoms with Crippen LogP contribution >= 0.6 is 15.9 Å². The zero-order chi connectivity index (χ0) is 12.1. The highest BCUT2D eigenvalue weighted by atomic mass is 79.9. The van der Waals surface area contributed by atoms with Crippen LogP contribution in [0.25, 0.3) is 0 Å². The van der Waals surface area contributed by atoms with E-state index in [1.165, 1.54) is 35.7 Å². The van der Waals surface area contributed by atoms with Crippen molar-refractivity contribution in [3.05, 3.63) is 34.3 Å². The molecule has 94 valence electrons. The minimum atomic E-state index is 0.654. The van der Waals surface area contributed by atoms with Crippen molar-refractivity contribution in [1.29, 1.82) is 0 Å². The number of nitrogens with one attached hydrogen (secondary N) is 1. The lowest BCUT2D eigenvalue weighted by molar-refractivity contribution is 0.362. The molecular formula is C15H22BrN. The van der Waals surface area contributed by atoms with Gasteiger partial charge in [-0.15, -0.1) is 0 Å². The summed E-state index contributed by atoms with van der Waals surface area (Å²) >= 11 is 3.66. The van der Waals surface area contributed by atoms with Crippen molar-refractivity contribution in [2.75, 3.05) is 6.54 Å². The molecule has 0 aromatic heterocycles. The second-order valence-electron chi connectivity index (χ2n) is 5.00. The third-order valence-corrected chi connectivity index (χ3v) is 4.61. The van der Waals surface area contributed by atoms with Gasteiger partial charge in [-0.05, 0) is 43.4 Å². The molecule has 1 saturated carbocycles. The van der Waals surface area contributed by atoms with Crippen molar-refractivity contribution in [2.24, 2.45) is 5.92 Å². The quantitative estimate of drug-likeness (QED) is 0.860. The summed E-state index contributed by atoms with van der Waals surface area (Å²) in [5.41, 5.74) is 1.44. The Hall–Kier alpha value is -0.340. The molecule has 0 aliphatic heterocycles. The molecule has 1 unspecified atom stereocenters. The minimum Gasteiger partial charge on any atom is -0.314 e. The summed E-state index contributed by atoms with van der Waals surface area (Å²) in [5, 5.41) is 3.68. The molecule has 0 spiro atoms. The average Bonchev–Trinajstić information content (AvgIpc) is 2.85. The number of benzene rings is 1. The van der Waals surface area contributed by atoms with Gasteiger partial charge in [-0.1, -0.05) is 53.9 Å². The van der Waals surface area contributed by atoms with Crippen LogP contribution in [-0.2, 0) is 6.42 Å². The number of rotatable bonds is 5. The van der Waals surface area contributed by atoms with Crippen molar-refractivity contribution >= 4 is 15.9 Å². The summed E-state index contributed by atoms with van der Waals surface area (Å²) in [6, 6.07) is 9.26. The zero-order valence-corrected chi connectivity index (χ0v) is 12.2. The molecule has 2 rings (SSSR count). The summed E-state index contributed by atoms with van der Waals surface area (Å²) in [4.78, 5) is 0. The Morgan fingerprint density at radius 1 is 1.29 bits per heavy atom. The fourth-order valence-electron chi connectivity index (χ4n) is 2.93. The van der Waals surface area contributed by atoms with Crippen molar-refractivity contribution in [3.63, 3.8) is 0 Å². The van der Waals surface area contributed by atoms with Gasteiger partial charge in [-0.2, -0.15) is 0 Å². The van der Waals surface area contributed by atoms with E-state index in [0.717, 1.165) is 18.9 Å². The molecule has 0 amide bonds. The largest absolute Gasteiger partial charge is 0.314 e. The maximum atomic E-state index is 3.68. The van der Waals surface area contributed by atoms with Crippen LogP contribution < -0.4 is 5.32 Å². The maximum Gasteiger partial charge on any atom is 0.0207 e. The Morgan fingerprint density at radius 2 is 2.00 bits per heavy atom. The normalized spacial score (nSPS) is 18.5. The Labute approximate surface area is 113 Å². The van der Waals surface area contributed by atoms with Gasteiger partial charge in [0.2, 0.25) is 0 Å². The first-order valence-corrected chi connectivity index (χ1v) is 7.57. The Bertz CT molecular complexity index is 345. The number of likely N-dealkylation sites (N-methyl/N-ethyl adjacent to an activating group) is 1. The lowest BCUT2D eigenvalue weighted by atomic mass is 9.92. The van der Waals surface area contributed by atoms with Crippen molar-refractivity contribution in [2.45, 2.75) is 45.1 Å². The first kappa shape index (κ1) is 13.1. The van der Waals surface area contributed by atoms with Gasteiger partial charge in [0.05, 0.1) is 0 Å². The summed E-state index contributed by atoms with van der Waals surface area (Å²) in [6.45, 7) is 3.29. The fraction of sp³-hybridized carbons (Fsp3) is 0.600. The Balaban J connectivity index is 2.04. The van der Waals surface area contributed by atoms with Crippen LogP contribution in [0, 0.1) is 5.92 Å². The van der Waals surface area contributed by atoms with Crippen molar-refractivity contribution < 1.29 is 0 Å².